The fraction of sp³-hybridized carbons (Fsp3) is 0.611. The molecule has 1 unspecified atom stereocenters. The third-order valence-corrected chi connectivity index (χ3v) is 4.63. The number of guanidine groups is 1. The zero-order chi connectivity index (χ0) is 16.7. The van der Waals surface area contributed by atoms with Crippen molar-refractivity contribution in [3.63, 3.8) is 0 Å². The van der Waals surface area contributed by atoms with Gasteiger partial charge in [0.05, 0.1) is 0 Å². The number of aliphatic imine (C=N–C) groups is 1. The zero-order valence-corrected chi connectivity index (χ0v) is 14.5. The van der Waals surface area contributed by atoms with Crippen LogP contribution in [0.4, 0.5) is 4.39 Å². The maximum absolute atomic E-state index is 13.6. The van der Waals surface area contributed by atoms with E-state index < -0.39 is 0 Å². The lowest BCUT2D eigenvalue weighted by atomic mass is 9.98. The smallest absolute Gasteiger partial charge is 0.191 e. The molecule has 0 amide bonds. The molecule has 0 bridgehead atoms. The normalized spacial score (nSPS) is 18.7. The second-order valence-electron chi connectivity index (χ2n) is 6.47. The number of rotatable bonds is 5. The summed E-state index contributed by atoms with van der Waals surface area (Å²) >= 11 is 0. The molecule has 5 heteroatoms. The SMILES string of the molecule is CN=C(NCc1ccccc1F)NCC(C)N1CCC(C)CC1. The van der Waals surface area contributed by atoms with Crippen molar-refractivity contribution in [3.05, 3.63) is 35.6 Å². The Labute approximate surface area is 139 Å². The maximum Gasteiger partial charge on any atom is 0.191 e. The van der Waals surface area contributed by atoms with E-state index in [1.54, 1.807) is 19.2 Å². The molecule has 2 N–H and O–H groups in total. The molecule has 0 radical (unpaired) electrons. The molecule has 2 rings (SSSR count). The van der Waals surface area contributed by atoms with Gasteiger partial charge in [-0.2, -0.15) is 0 Å². The lowest BCUT2D eigenvalue weighted by Gasteiger charge is -2.35. The monoisotopic (exact) mass is 320 g/mol. The van der Waals surface area contributed by atoms with Crippen molar-refractivity contribution in [1.82, 2.24) is 15.5 Å². The second kappa shape index (κ2) is 8.87. The predicted octanol–water partition coefficient (Wildman–Crippen LogP) is 2.61. The lowest BCUT2D eigenvalue weighted by Crippen LogP contribution is -2.48. The van der Waals surface area contributed by atoms with Crippen molar-refractivity contribution in [1.29, 1.82) is 0 Å². The molecule has 1 heterocycles. The topological polar surface area (TPSA) is 39.7 Å². The van der Waals surface area contributed by atoms with Crippen molar-refractivity contribution in [2.75, 3.05) is 26.7 Å². The van der Waals surface area contributed by atoms with Crippen LogP contribution in [0.15, 0.2) is 29.3 Å². The number of likely N-dealkylation sites (tertiary alicyclic amines) is 1. The Morgan fingerprint density at radius 2 is 2.00 bits per heavy atom. The summed E-state index contributed by atoms with van der Waals surface area (Å²) in [6, 6.07) is 7.28. The van der Waals surface area contributed by atoms with Crippen LogP contribution in [-0.2, 0) is 6.54 Å². The molecule has 0 spiro atoms. The van der Waals surface area contributed by atoms with Crippen LogP contribution in [0.3, 0.4) is 0 Å². The van der Waals surface area contributed by atoms with Crippen LogP contribution in [0, 0.1) is 11.7 Å². The van der Waals surface area contributed by atoms with E-state index in [4.69, 9.17) is 0 Å². The molecule has 0 aliphatic carbocycles. The van der Waals surface area contributed by atoms with Crippen LogP contribution in [0.5, 0.6) is 0 Å². The van der Waals surface area contributed by atoms with E-state index in [0.717, 1.165) is 12.5 Å². The van der Waals surface area contributed by atoms with Gasteiger partial charge in [-0.3, -0.25) is 9.89 Å². The molecule has 1 saturated heterocycles. The summed E-state index contributed by atoms with van der Waals surface area (Å²) in [5.41, 5.74) is 0.647. The van der Waals surface area contributed by atoms with Crippen molar-refractivity contribution < 1.29 is 4.39 Å². The van der Waals surface area contributed by atoms with Crippen molar-refractivity contribution in [2.45, 2.75) is 39.3 Å². The van der Waals surface area contributed by atoms with Crippen LogP contribution in [-0.4, -0.2) is 43.6 Å². The molecule has 1 aromatic carbocycles. The van der Waals surface area contributed by atoms with Gasteiger partial charge in [-0.1, -0.05) is 25.1 Å². The summed E-state index contributed by atoms with van der Waals surface area (Å²) in [5, 5.41) is 6.51. The molecule has 4 nitrogen and oxygen atoms in total. The fourth-order valence-corrected chi connectivity index (χ4v) is 2.88. The van der Waals surface area contributed by atoms with E-state index in [-0.39, 0.29) is 5.82 Å². The number of hydrogen-bond donors (Lipinski definition) is 2. The van der Waals surface area contributed by atoms with Gasteiger partial charge in [0.25, 0.3) is 0 Å². The third kappa shape index (κ3) is 5.50. The Morgan fingerprint density at radius 3 is 2.65 bits per heavy atom. The molecule has 1 aliphatic rings. The first-order valence-electron chi connectivity index (χ1n) is 8.52. The number of hydrogen-bond acceptors (Lipinski definition) is 2. The maximum atomic E-state index is 13.6. The first-order chi connectivity index (χ1) is 11.1. The summed E-state index contributed by atoms with van der Waals surface area (Å²) in [6.45, 7) is 8.19. The fourth-order valence-electron chi connectivity index (χ4n) is 2.88. The Bertz CT molecular complexity index is 509. The highest BCUT2D eigenvalue weighted by atomic mass is 19.1. The van der Waals surface area contributed by atoms with Crippen LogP contribution >= 0.6 is 0 Å². The highest BCUT2D eigenvalue weighted by Crippen LogP contribution is 2.17. The van der Waals surface area contributed by atoms with Crippen LogP contribution in [0.2, 0.25) is 0 Å². The van der Waals surface area contributed by atoms with E-state index in [9.17, 15) is 4.39 Å². The minimum Gasteiger partial charge on any atom is -0.355 e. The Hall–Kier alpha value is -1.62. The molecule has 1 fully saturated rings. The van der Waals surface area contributed by atoms with Crippen molar-refractivity contribution >= 4 is 5.96 Å². The Balaban J connectivity index is 1.75. The van der Waals surface area contributed by atoms with E-state index >= 15 is 0 Å². The zero-order valence-electron chi connectivity index (χ0n) is 14.5. The number of piperidine rings is 1. The molecular weight excluding hydrogens is 291 g/mol. The number of nitrogens with one attached hydrogen (secondary N) is 2. The second-order valence-corrected chi connectivity index (χ2v) is 6.47. The van der Waals surface area contributed by atoms with Gasteiger partial charge in [-0.05, 0) is 44.8 Å². The van der Waals surface area contributed by atoms with Crippen molar-refractivity contribution in [2.24, 2.45) is 10.9 Å². The summed E-state index contributed by atoms with van der Waals surface area (Å²) in [7, 11) is 1.74. The molecular formula is C18H29FN4. The van der Waals surface area contributed by atoms with Crippen LogP contribution in [0.1, 0.15) is 32.3 Å². The van der Waals surface area contributed by atoms with Crippen LogP contribution in [0.25, 0.3) is 0 Å². The highest BCUT2D eigenvalue weighted by molar-refractivity contribution is 5.79. The van der Waals surface area contributed by atoms with Gasteiger partial charge in [0.1, 0.15) is 5.82 Å². The van der Waals surface area contributed by atoms with Crippen molar-refractivity contribution in [3.8, 4) is 0 Å². The first kappa shape index (κ1) is 17.7. The Kier molecular flexibility index (Phi) is 6.84. The quantitative estimate of drug-likeness (QED) is 0.647. The molecule has 128 valence electrons. The van der Waals surface area contributed by atoms with Crippen LogP contribution < -0.4 is 10.6 Å². The average molecular weight is 320 g/mol. The van der Waals surface area contributed by atoms with E-state index in [1.807, 2.05) is 6.07 Å². The minimum absolute atomic E-state index is 0.189. The molecule has 1 atom stereocenters. The summed E-state index contributed by atoms with van der Waals surface area (Å²) in [4.78, 5) is 6.74. The molecule has 0 aromatic heterocycles. The summed E-state index contributed by atoms with van der Waals surface area (Å²) in [5.74, 6) is 1.37. The van der Waals surface area contributed by atoms with Gasteiger partial charge in [0.15, 0.2) is 5.96 Å². The van der Waals surface area contributed by atoms with Gasteiger partial charge >= 0.3 is 0 Å². The number of benzene rings is 1. The van der Waals surface area contributed by atoms with Gasteiger partial charge in [-0.15, -0.1) is 0 Å². The first-order valence-corrected chi connectivity index (χ1v) is 8.52. The van der Waals surface area contributed by atoms with Gasteiger partial charge in [0, 0.05) is 31.7 Å². The van der Waals surface area contributed by atoms with E-state index in [2.05, 4.69) is 34.4 Å². The largest absolute Gasteiger partial charge is 0.355 e. The predicted molar refractivity (Wildman–Crippen MR) is 94.0 cm³/mol. The van der Waals surface area contributed by atoms with E-state index in [1.165, 1.54) is 32.0 Å². The standard InChI is InChI=1S/C18H29FN4/c1-14-8-10-23(11-9-14)15(2)12-21-18(20-3)22-13-16-6-4-5-7-17(16)19/h4-7,14-15H,8-13H2,1-3H3,(H2,20,21,22). The lowest BCUT2D eigenvalue weighted by molar-refractivity contribution is 0.147. The third-order valence-electron chi connectivity index (χ3n) is 4.63. The Morgan fingerprint density at radius 1 is 1.30 bits per heavy atom. The molecule has 23 heavy (non-hydrogen) atoms. The average Bonchev–Trinajstić information content (AvgIpc) is 2.57. The number of nitrogens with zero attached hydrogens (tertiary/aromatic N) is 2. The molecule has 1 aliphatic heterocycles. The molecule has 0 saturated carbocycles. The van der Waals surface area contributed by atoms with Gasteiger partial charge < -0.3 is 10.6 Å². The highest BCUT2D eigenvalue weighted by Gasteiger charge is 2.20. The minimum atomic E-state index is -0.189. The summed E-state index contributed by atoms with van der Waals surface area (Å²) < 4.78 is 13.6. The van der Waals surface area contributed by atoms with Gasteiger partial charge in [0.2, 0.25) is 0 Å². The number of halogens is 1. The summed E-state index contributed by atoms with van der Waals surface area (Å²) in [6.07, 6.45) is 2.56. The molecule has 1 aromatic rings. The van der Waals surface area contributed by atoms with E-state index in [0.29, 0.717) is 24.1 Å². The van der Waals surface area contributed by atoms with Gasteiger partial charge in [-0.25, -0.2) is 4.39 Å².